The van der Waals surface area contributed by atoms with Crippen LogP contribution in [0.3, 0.4) is 0 Å². The van der Waals surface area contributed by atoms with Crippen molar-refractivity contribution in [2.45, 2.75) is 0 Å². The molecule has 0 saturated heterocycles. The highest BCUT2D eigenvalue weighted by Gasteiger charge is 2.14. The number of rotatable bonds is 7. The molecule has 1 atom stereocenters. The van der Waals surface area contributed by atoms with Crippen molar-refractivity contribution in [2.75, 3.05) is 13.2 Å². The topological polar surface area (TPSA) is 101 Å². The predicted molar refractivity (Wildman–Crippen MR) is 116 cm³/mol. The molecule has 1 unspecified atom stereocenters. The highest BCUT2D eigenvalue weighted by molar-refractivity contribution is 6.35. The van der Waals surface area contributed by atoms with Crippen LogP contribution >= 0.6 is 34.8 Å². The third-order valence-electron chi connectivity index (χ3n) is 3.49. The zero-order chi connectivity index (χ0) is 21.9. The van der Waals surface area contributed by atoms with E-state index in [1.807, 2.05) is 30.6 Å². The molecule has 2 aromatic rings. The lowest BCUT2D eigenvalue weighted by Crippen LogP contribution is -3.00. The lowest BCUT2D eigenvalue weighted by atomic mass is 10.2. The van der Waals surface area contributed by atoms with Gasteiger partial charge in [0.15, 0.2) is 12.1 Å². The van der Waals surface area contributed by atoms with Gasteiger partial charge in [0.2, 0.25) is 0 Å². The quantitative estimate of drug-likeness (QED) is 0.282. The molecule has 1 aliphatic rings. The van der Waals surface area contributed by atoms with E-state index < -0.39 is 5.09 Å². The van der Waals surface area contributed by atoms with Crippen molar-refractivity contribution in [2.24, 2.45) is 4.99 Å². The van der Waals surface area contributed by atoms with Crippen LogP contribution in [0, 0.1) is 15.3 Å². The minimum Gasteiger partial charge on any atom is -0.490 e. The first kappa shape index (κ1) is 23.5. The standard InChI is InChI=1S/C19H15Cl3N2O2.NO3/c20-14-1-4-16(5-2-14)25-9-10-26-19(12-24-8-7-23-13-24)17-6-3-15(21)11-18(17)22;2-1(3)4/h1-8,11-13H,9-10H2;/q;-1/p+1. The van der Waals surface area contributed by atoms with Crippen molar-refractivity contribution in [3.8, 4) is 5.75 Å². The largest absolute Gasteiger partial charge is 0.490 e. The van der Waals surface area contributed by atoms with Crippen molar-refractivity contribution in [1.29, 1.82) is 0 Å². The smallest absolute Gasteiger partial charge is 0.197 e. The predicted octanol–water partition coefficient (Wildman–Crippen LogP) is 4.20. The Morgan fingerprint density at radius 1 is 1.07 bits per heavy atom. The van der Waals surface area contributed by atoms with E-state index in [0.29, 0.717) is 34.0 Å². The number of halogens is 3. The molecule has 0 spiro atoms. The molecule has 30 heavy (non-hydrogen) atoms. The van der Waals surface area contributed by atoms with Crippen molar-refractivity contribution in [3.63, 3.8) is 0 Å². The van der Waals surface area contributed by atoms with E-state index in [9.17, 15) is 0 Å². The Balaban J connectivity index is 0.000000735. The average molecular weight is 473 g/mol. The molecule has 0 fully saturated rings. The van der Waals surface area contributed by atoms with Gasteiger partial charge in [-0.3, -0.25) is 0 Å². The number of aliphatic imine (C=N–C) groups is 1. The molecule has 0 bridgehead atoms. The van der Waals surface area contributed by atoms with Crippen LogP contribution in [0.1, 0.15) is 5.56 Å². The second kappa shape index (κ2) is 12.0. The Labute approximate surface area is 187 Å². The molecule has 0 aromatic heterocycles. The Morgan fingerprint density at radius 3 is 2.33 bits per heavy atom. The van der Waals surface area contributed by atoms with Gasteiger partial charge in [-0.2, -0.15) is 0 Å². The van der Waals surface area contributed by atoms with Crippen LogP contribution in [-0.4, -0.2) is 24.6 Å². The fourth-order valence-corrected chi connectivity index (χ4v) is 2.89. The summed E-state index contributed by atoms with van der Waals surface area (Å²) in [6.07, 6.45) is 7.23. The normalized spacial score (nSPS) is 14.8. The van der Waals surface area contributed by atoms with Crippen LogP contribution in [-0.2, 0) is 4.74 Å². The fourth-order valence-electron chi connectivity index (χ4n) is 2.27. The van der Waals surface area contributed by atoms with Crippen LogP contribution in [0.4, 0.5) is 0 Å². The molecular weight excluding hydrogens is 457 g/mol. The average Bonchev–Trinajstić information content (AvgIpc) is 3.19. The van der Waals surface area contributed by atoms with Gasteiger partial charge in [0.05, 0.1) is 16.3 Å². The molecule has 2 aromatic carbocycles. The van der Waals surface area contributed by atoms with E-state index in [2.05, 4.69) is 4.99 Å². The summed E-state index contributed by atoms with van der Waals surface area (Å²) in [6, 6.07) is 12.5. The number of nitrogens with zero attached hydrogens (tertiary/aromatic N) is 2. The monoisotopic (exact) mass is 471 g/mol. The Hall–Kier alpha value is -2.78. The van der Waals surface area contributed by atoms with Gasteiger partial charge in [-0.25, -0.2) is 9.89 Å². The molecule has 1 heterocycles. The number of hydrogen-bond acceptors (Lipinski definition) is 6. The summed E-state index contributed by atoms with van der Waals surface area (Å²) >= 11 is 18.2. The molecular formula is C19H16Cl3N3O5. The van der Waals surface area contributed by atoms with Crippen LogP contribution in [0.2, 0.25) is 15.1 Å². The molecule has 1 N–H and O–H groups in total. The van der Waals surface area contributed by atoms with E-state index in [-0.39, 0.29) is 0 Å². The van der Waals surface area contributed by atoms with E-state index >= 15 is 0 Å². The number of hydrogen-bond donors (Lipinski definition) is 1. The van der Waals surface area contributed by atoms with Gasteiger partial charge < -0.3 is 24.8 Å². The first-order valence-corrected chi connectivity index (χ1v) is 9.55. The van der Waals surface area contributed by atoms with E-state index in [0.717, 1.165) is 16.2 Å². The van der Waals surface area contributed by atoms with Gasteiger partial charge in [0.25, 0.3) is 0 Å². The zero-order valence-electron chi connectivity index (χ0n) is 15.3. The van der Waals surface area contributed by atoms with Crippen molar-refractivity contribution in [3.05, 3.63) is 97.0 Å². The SMILES string of the molecule is Clc1ccc(OCCOC(=C[NH+]2C=CN=C2)c2ccc(Cl)cc2Cl)cc1.O=[N+]([O-])[O-]. The van der Waals surface area contributed by atoms with Crippen LogP contribution in [0.15, 0.2) is 66.1 Å². The third-order valence-corrected chi connectivity index (χ3v) is 4.29. The maximum absolute atomic E-state index is 8.25. The number of ether oxygens (including phenoxy) is 2. The van der Waals surface area contributed by atoms with Crippen molar-refractivity contribution < 1.29 is 19.5 Å². The van der Waals surface area contributed by atoms with E-state index in [1.165, 1.54) is 0 Å². The highest BCUT2D eigenvalue weighted by Crippen LogP contribution is 2.27. The summed E-state index contributed by atoms with van der Waals surface area (Å²) in [5.74, 6) is 1.35. The molecule has 11 heteroatoms. The van der Waals surface area contributed by atoms with Crippen molar-refractivity contribution >= 4 is 46.9 Å². The zero-order valence-corrected chi connectivity index (χ0v) is 17.6. The lowest BCUT2D eigenvalue weighted by molar-refractivity contribution is -0.671. The Morgan fingerprint density at radius 2 is 1.73 bits per heavy atom. The van der Waals surface area contributed by atoms with Gasteiger partial charge in [0, 0.05) is 15.6 Å². The van der Waals surface area contributed by atoms with Crippen molar-refractivity contribution in [1.82, 2.24) is 0 Å². The number of quaternary nitrogens is 1. The molecule has 0 aliphatic carbocycles. The van der Waals surface area contributed by atoms with Crippen LogP contribution in [0.5, 0.6) is 5.75 Å². The Kier molecular flexibility index (Phi) is 9.43. The number of nitrogens with one attached hydrogen (secondary N) is 1. The fraction of sp³-hybridized carbons (Fsp3) is 0.105. The van der Waals surface area contributed by atoms with Crippen LogP contribution < -0.4 is 9.64 Å². The maximum atomic E-state index is 8.25. The maximum Gasteiger partial charge on any atom is 0.197 e. The molecule has 0 amide bonds. The second-order valence-electron chi connectivity index (χ2n) is 5.60. The highest BCUT2D eigenvalue weighted by atomic mass is 35.5. The van der Waals surface area contributed by atoms with E-state index in [4.69, 9.17) is 59.6 Å². The van der Waals surface area contributed by atoms with Crippen LogP contribution in [0.25, 0.3) is 5.76 Å². The summed E-state index contributed by atoms with van der Waals surface area (Å²) in [5, 5.41) is 16.5. The van der Waals surface area contributed by atoms with E-state index in [1.54, 1.807) is 36.8 Å². The first-order valence-electron chi connectivity index (χ1n) is 8.41. The molecule has 3 rings (SSSR count). The molecule has 0 radical (unpaired) electrons. The van der Waals surface area contributed by atoms with Gasteiger partial charge in [0.1, 0.15) is 31.4 Å². The molecule has 1 aliphatic heterocycles. The van der Waals surface area contributed by atoms with Gasteiger partial charge in [-0.15, -0.1) is 0 Å². The molecule has 8 nitrogen and oxygen atoms in total. The summed E-state index contributed by atoms with van der Waals surface area (Å²) in [5.41, 5.74) is 0.753. The summed E-state index contributed by atoms with van der Waals surface area (Å²) < 4.78 is 11.6. The van der Waals surface area contributed by atoms with Gasteiger partial charge in [-0.1, -0.05) is 34.8 Å². The van der Waals surface area contributed by atoms with Gasteiger partial charge in [-0.05, 0) is 42.5 Å². The summed E-state index contributed by atoms with van der Waals surface area (Å²) in [7, 11) is 0. The number of benzene rings is 2. The third kappa shape index (κ3) is 8.30. The minimum atomic E-state index is -1.75. The minimum absolute atomic E-state index is 0.349. The van der Waals surface area contributed by atoms with Gasteiger partial charge >= 0.3 is 0 Å². The molecule has 158 valence electrons. The Bertz CT molecular complexity index is 933. The molecule has 0 saturated carbocycles. The second-order valence-corrected chi connectivity index (χ2v) is 6.88. The summed E-state index contributed by atoms with van der Waals surface area (Å²) in [6.45, 7) is 0.727. The summed E-state index contributed by atoms with van der Waals surface area (Å²) in [4.78, 5) is 13.2. The first-order chi connectivity index (χ1) is 14.3. The lowest BCUT2D eigenvalue weighted by Gasteiger charge is -2.13.